The lowest BCUT2D eigenvalue weighted by atomic mass is 9.95. The molecular formula is C12H20FN3. The summed E-state index contributed by atoms with van der Waals surface area (Å²) in [6.07, 6.45) is 4.64. The van der Waals surface area contributed by atoms with E-state index in [9.17, 15) is 4.39 Å². The maximum Gasteiger partial charge on any atom is 0.146 e. The molecule has 0 fully saturated rings. The Balaban J connectivity index is 2.71. The number of aromatic nitrogens is 1. The van der Waals surface area contributed by atoms with Crippen molar-refractivity contribution in [3.05, 3.63) is 29.8 Å². The molecule has 0 aliphatic carbocycles. The van der Waals surface area contributed by atoms with Gasteiger partial charge in [-0.1, -0.05) is 26.7 Å². The molecule has 1 aromatic rings. The third-order valence-electron chi connectivity index (χ3n) is 2.74. The molecular weight excluding hydrogens is 205 g/mol. The Morgan fingerprint density at radius 3 is 2.88 bits per heavy atom. The molecule has 0 saturated heterocycles. The minimum atomic E-state index is -0.297. The van der Waals surface area contributed by atoms with Crippen LogP contribution in [0.3, 0.4) is 0 Å². The monoisotopic (exact) mass is 225 g/mol. The normalized spacial score (nSPS) is 14.8. The van der Waals surface area contributed by atoms with Crippen molar-refractivity contribution in [2.45, 2.75) is 39.2 Å². The number of nitrogens with one attached hydrogen (secondary N) is 1. The van der Waals surface area contributed by atoms with E-state index in [-0.39, 0.29) is 11.9 Å². The van der Waals surface area contributed by atoms with Crippen LogP contribution in [0.25, 0.3) is 0 Å². The number of nitrogens with two attached hydrogens (primary N) is 1. The fourth-order valence-electron chi connectivity index (χ4n) is 1.93. The highest BCUT2D eigenvalue weighted by Gasteiger charge is 2.18. The molecule has 0 aliphatic rings. The number of nitrogens with zero attached hydrogens (tertiary/aromatic N) is 1. The van der Waals surface area contributed by atoms with Gasteiger partial charge in [0.15, 0.2) is 0 Å². The summed E-state index contributed by atoms with van der Waals surface area (Å²) < 4.78 is 13.5. The van der Waals surface area contributed by atoms with Gasteiger partial charge >= 0.3 is 0 Å². The first-order valence-electron chi connectivity index (χ1n) is 5.75. The Bertz CT molecular complexity index is 317. The Morgan fingerprint density at radius 2 is 2.31 bits per heavy atom. The molecule has 3 N–H and O–H groups in total. The summed E-state index contributed by atoms with van der Waals surface area (Å²) in [5, 5.41) is 0. The zero-order valence-electron chi connectivity index (χ0n) is 9.91. The number of hydrogen-bond donors (Lipinski definition) is 2. The van der Waals surface area contributed by atoms with Crippen molar-refractivity contribution in [3.8, 4) is 0 Å². The Labute approximate surface area is 96.2 Å². The molecule has 0 spiro atoms. The SMILES string of the molecule is CCCC(C)CC(NN)c1ncccc1F. The van der Waals surface area contributed by atoms with E-state index in [1.54, 1.807) is 12.3 Å². The summed E-state index contributed by atoms with van der Waals surface area (Å²) in [7, 11) is 0. The van der Waals surface area contributed by atoms with Crippen LogP contribution in [-0.4, -0.2) is 4.98 Å². The van der Waals surface area contributed by atoms with Crippen LogP contribution in [0.4, 0.5) is 4.39 Å². The first-order valence-corrected chi connectivity index (χ1v) is 5.75. The molecule has 2 unspecified atom stereocenters. The molecule has 1 rings (SSSR count). The van der Waals surface area contributed by atoms with Crippen molar-refractivity contribution >= 4 is 0 Å². The van der Waals surface area contributed by atoms with Crippen LogP contribution in [0.1, 0.15) is 44.8 Å². The number of halogens is 1. The lowest BCUT2D eigenvalue weighted by Gasteiger charge is -2.19. The predicted octanol–water partition coefficient (Wildman–Crippen LogP) is 2.55. The van der Waals surface area contributed by atoms with Crippen LogP contribution in [0.5, 0.6) is 0 Å². The molecule has 16 heavy (non-hydrogen) atoms. The molecule has 90 valence electrons. The fourth-order valence-corrected chi connectivity index (χ4v) is 1.93. The van der Waals surface area contributed by atoms with Crippen molar-refractivity contribution in [2.75, 3.05) is 0 Å². The minimum absolute atomic E-state index is 0.206. The number of pyridine rings is 1. The summed E-state index contributed by atoms with van der Waals surface area (Å²) >= 11 is 0. The third-order valence-corrected chi connectivity index (χ3v) is 2.74. The summed E-state index contributed by atoms with van der Waals surface area (Å²) in [5.41, 5.74) is 3.06. The van der Waals surface area contributed by atoms with Gasteiger partial charge in [0.05, 0.1) is 11.7 Å². The van der Waals surface area contributed by atoms with E-state index in [1.807, 2.05) is 0 Å². The van der Waals surface area contributed by atoms with Crippen LogP contribution in [0, 0.1) is 11.7 Å². The maximum atomic E-state index is 13.5. The molecule has 0 saturated carbocycles. The van der Waals surface area contributed by atoms with Gasteiger partial charge in [-0.15, -0.1) is 0 Å². The Hall–Kier alpha value is -1.00. The molecule has 2 atom stereocenters. The molecule has 1 aromatic heterocycles. The molecule has 0 aromatic carbocycles. The topological polar surface area (TPSA) is 50.9 Å². The molecule has 0 bridgehead atoms. The summed E-state index contributed by atoms with van der Waals surface area (Å²) in [6, 6.07) is 2.79. The lowest BCUT2D eigenvalue weighted by Crippen LogP contribution is -2.30. The summed E-state index contributed by atoms with van der Waals surface area (Å²) in [6.45, 7) is 4.29. The summed E-state index contributed by atoms with van der Waals surface area (Å²) in [5.74, 6) is 5.67. The molecule has 4 heteroatoms. The second-order valence-electron chi connectivity index (χ2n) is 4.22. The van der Waals surface area contributed by atoms with E-state index >= 15 is 0 Å². The van der Waals surface area contributed by atoms with Crippen LogP contribution < -0.4 is 11.3 Å². The Morgan fingerprint density at radius 1 is 1.56 bits per heavy atom. The first-order chi connectivity index (χ1) is 7.69. The lowest BCUT2D eigenvalue weighted by molar-refractivity contribution is 0.378. The van der Waals surface area contributed by atoms with Gasteiger partial charge in [-0.2, -0.15) is 0 Å². The minimum Gasteiger partial charge on any atom is -0.271 e. The van der Waals surface area contributed by atoms with E-state index in [0.717, 1.165) is 19.3 Å². The molecule has 3 nitrogen and oxygen atoms in total. The zero-order valence-corrected chi connectivity index (χ0v) is 9.91. The van der Waals surface area contributed by atoms with Crippen LogP contribution >= 0.6 is 0 Å². The highest BCUT2D eigenvalue weighted by Crippen LogP contribution is 2.23. The average Bonchev–Trinajstić information content (AvgIpc) is 2.27. The largest absolute Gasteiger partial charge is 0.271 e. The number of rotatable bonds is 6. The van der Waals surface area contributed by atoms with E-state index in [4.69, 9.17) is 5.84 Å². The van der Waals surface area contributed by atoms with Crippen molar-refractivity contribution in [2.24, 2.45) is 11.8 Å². The van der Waals surface area contributed by atoms with Crippen LogP contribution in [0.2, 0.25) is 0 Å². The smallest absolute Gasteiger partial charge is 0.146 e. The summed E-state index contributed by atoms with van der Waals surface area (Å²) in [4.78, 5) is 4.05. The van der Waals surface area contributed by atoms with Gasteiger partial charge in [0.2, 0.25) is 0 Å². The van der Waals surface area contributed by atoms with Crippen molar-refractivity contribution in [3.63, 3.8) is 0 Å². The quantitative estimate of drug-likeness (QED) is 0.578. The highest BCUT2D eigenvalue weighted by molar-refractivity contribution is 5.11. The second-order valence-corrected chi connectivity index (χ2v) is 4.22. The molecule has 0 aliphatic heterocycles. The number of hydrogen-bond acceptors (Lipinski definition) is 3. The van der Waals surface area contributed by atoms with Gasteiger partial charge in [0.1, 0.15) is 5.82 Å². The van der Waals surface area contributed by atoms with E-state index in [1.165, 1.54) is 6.07 Å². The van der Waals surface area contributed by atoms with Gasteiger partial charge in [-0.05, 0) is 24.5 Å². The van der Waals surface area contributed by atoms with Gasteiger partial charge < -0.3 is 0 Å². The van der Waals surface area contributed by atoms with Crippen LogP contribution in [-0.2, 0) is 0 Å². The number of hydrazine groups is 1. The Kier molecular flexibility index (Phi) is 5.35. The standard InChI is InChI=1S/C12H20FN3/c1-3-5-9(2)8-11(16-14)12-10(13)6-4-7-15-12/h4,6-7,9,11,16H,3,5,8,14H2,1-2H3. The van der Waals surface area contributed by atoms with Crippen molar-refractivity contribution in [1.82, 2.24) is 10.4 Å². The second kappa shape index (κ2) is 6.55. The van der Waals surface area contributed by atoms with Crippen molar-refractivity contribution in [1.29, 1.82) is 0 Å². The van der Waals surface area contributed by atoms with E-state index < -0.39 is 0 Å². The van der Waals surface area contributed by atoms with E-state index in [0.29, 0.717) is 11.6 Å². The van der Waals surface area contributed by atoms with Gasteiger partial charge in [0, 0.05) is 6.20 Å². The van der Waals surface area contributed by atoms with Gasteiger partial charge in [0.25, 0.3) is 0 Å². The van der Waals surface area contributed by atoms with Crippen LogP contribution in [0.15, 0.2) is 18.3 Å². The third kappa shape index (κ3) is 3.54. The predicted molar refractivity (Wildman–Crippen MR) is 62.9 cm³/mol. The van der Waals surface area contributed by atoms with E-state index in [2.05, 4.69) is 24.3 Å². The van der Waals surface area contributed by atoms with Gasteiger partial charge in [-0.25, -0.2) is 4.39 Å². The average molecular weight is 225 g/mol. The maximum absolute atomic E-state index is 13.5. The molecule has 1 heterocycles. The fraction of sp³-hybridized carbons (Fsp3) is 0.583. The molecule has 0 radical (unpaired) electrons. The highest BCUT2D eigenvalue weighted by atomic mass is 19.1. The first kappa shape index (κ1) is 13.1. The van der Waals surface area contributed by atoms with Crippen molar-refractivity contribution < 1.29 is 4.39 Å². The van der Waals surface area contributed by atoms with Gasteiger partial charge in [-0.3, -0.25) is 16.3 Å². The molecule has 0 amide bonds. The zero-order chi connectivity index (χ0) is 12.0.